The van der Waals surface area contributed by atoms with E-state index in [9.17, 15) is 9.59 Å². The molecule has 5 heteroatoms. The SMILES string of the molecule is Cn1ccc(C(=O)NC2(CCl)CCCC2)cc1=O. The molecule has 0 unspecified atom stereocenters. The summed E-state index contributed by atoms with van der Waals surface area (Å²) < 4.78 is 1.43. The van der Waals surface area contributed by atoms with E-state index in [1.54, 1.807) is 19.3 Å². The largest absolute Gasteiger partial charge is 0.345 e. The second kappa shape index (κ2) is 5.14. The highest BCUT2D eigenvalue weighted by Crippen LogP contribution is 2.30. The van der Waals surface area contributed by atoms with Gasteiger partial charge in [-0.2, -0.15) is 0 Å². The van der Waals surface area contributed by atoms with Gasteiger partial charge in [0.25, 0.3) is 11.5 Å². The van der Waals surface area contributed by atoms with Crippen molar-refractivity contribution in [2.24, 2.45) is 7.05 Å². The van der Waals surface area contributed by atoms with Crippen molar-refractivity contribution in [1.82, 2.24) is 9.88 Å². The van der Waals surface area contributed by atoms with Crippen LogP contribution in [0.3, 0.4) is 0 Å². The van der Waals surface area contributed by atoms with Crippen LogP contribution in [0.5, 0.6) is 0 Å². The molecule has 2 rings (SSSR count). The smallest absolute Gasteiger partial charge is 0.252 e. The fourth-order valence-electron chi connectivity index (χ4n) is 2.35. The molecule has 1 aromatic rings. The van der Waals surface area contributed by atoms with Crippen molar-refractivity contribution >= 4 is 17.5 Å². The number of nitrogens with zero attached hydrogens (tertiary/aromatic N) is 1. The van der Waals surface area contributed by atoms with Gasteiger partial charge in [-0.3, -0.25) is 9.59 Å². The Morgan fingerprint density at radius 2 is 2.17 bits per heavy atom. The Kier molecular flexibility index (Phi) is 3.76. The lowest BCUT2D eigenvalue weighted by Gasteiger charge is -2.27. The van der Waals surface area contributed by atoms with Crippen LogP contribution in [0.4, 0.5) is 0 Å². The van der Waals surface area contributed by atoms with Crippen molar-refractivity contribution in [2.45, 2.75) is 31.2 Å². The second-order valence-electron chi connectivity index (χ2n) is 4.94. The summed E-state index contributed by atoms with van der Waals surface area (Å²) in [4.78, 5) is 23.6. The molecule has 0 saturated heterocycles. The highest BCUT2D eigenvalue weighted by molar-refractivity contribution is 6.19. The number of carbonyl (C=O) groups excluding carboxylic acids is 1. The van der Waals surface area contributed by atoms with E-state index in [4.69, 9.17) is 11.6 Å². The van der Waals surface area contributed by atoms with Crippen LogP contribution < -0.4 is 10.9 Å². The number of alkyl halides is 1. The maximum atomic E-state index is 12.1. The summed E-state index contributed by atoms with van der Waals surface area (Å²) in [5.41, 5.74) is -0.0804. The fourth-order valence-corrected chi connectivity index (χ4v) is 2.68. The van der Waals surface area contributed by atoms with E-state index in [0.717, 1.165) is 25.7 Å². The van der Waals surface area contributed by atoms with Gasteiger partial charge in [-0.15, -0.1) is 11.6 Å². The quantitative estimate of drug-likeness (QED) is 0.848. The molecule has 0 aromatic carbocycles. The Morgan fingerprint density at radius 1 is 1.50 bits per heavy atom. The summed E-state index contributed by atoms with van der Waals surface area (Å²) in [6, 6.07) is 3.00. The number of halogens is 1. The molecule has 98 valence electrons. The van der Waals surface area contributed by atoms with Crippen LogP contribution in [0.1, 0.15) is 36.0 Å². The number of aromatic nitrogens is 1. The predicted octanol–water partition coefficient (Wildman–Crippen LogP) is 1.67. The molecule has 0 aliphatic heterocycles. The third-order valence-corrected chi connectivity index (χ3v) is 4.07. The van der Waals surface area contributed by atoms with E-state index in [1.165, 1.54) is 10.6 Å². The van der Waals surface area contributed by atoms with Gasteiger partial charge in [0.15, 0.2) is 0 Å². The molecule has 1 amide bonds. The van der Waals surface area contributed by atoms with Gasteiger partial charge >= 0.3 is 0 Å². The van der Waals surface area contributed by atoms with Gasteiger partial charge in [0.05, 0.1) is 5.54 Å². The van der Waals surface area contributed by atoms with Crippen molar-refractivity contribution < 1.29 is 4.79 Å². The lowest BCUT2D eigenvalue weighted by Crippen LogP contribution is -2.48. The van der Waals surface area contributed by atoms with Crippen LogP contribution in [0.25, 0.3) is 0 Å². The van der Waals surface area contributed by atoms with Gasteiger partial charge < -0.3 is 9.88 Å². The van der Waals surface area contributed by atoms with E-state index in [0.29, 0.717) is 11.4 Å². The molecular weight excluding hydrogens is 252 g/mol. The maximum absolute atomic E-state index is 12.1. The minimum atomic E-state index is -0.292. The number of nitrogens with one attached hydrogen (secondary N) is 1. The zero-order chi connectivity index (χ0) is 13.2. The number of hydrogen-bond acceptors (Lipinski definition) is 2. The van der Waals surface area contributed by atoms with E-state index in [-0.39, 0.29) is 17.0 Å². The minimum Gasteiger partial charge on any atom is -0.345 e. The molecule has 1 aliphatic carbocycles. The molecule has 1 fully saturated rings. The standard InChI is InChI=1S/C13H17ClN2O2/c1-16-7-4-10(8-11(16)17)12(18)15-13(9-14)5-2-3-6-13/h4,7-8H,2-3,5-6,9H2,1H3,(H,15,18). The lowest BCUT2D eigenvalue weighted by molar-refractivity contribution is 0.0909. The average molecular weight is 269 g/mol. The van der Waals surface area contributed by atoms with Crippen LogP contribution >= 0.6 is 11.6 Å². The first-order valence-corrected chi connectivity index (χ1v) is 6.65. The molecule has 0 atom stereocenters. The third-order valence-electron chi connectivity index (χ3n) is 3.56. The van der Waals surface area contributed by atoms with E-state index < -0.39 is 0 Å². The number of carbonyl (C=O) groups is 1. The van der Waals surface area contributed by atoms with Gasteiger partial charge in [-0.1, -0.05) is 12.8 Å². The molecular formula is C13H17ClN2O2. The molecule has 1 heterocycles. The molecule has 18 heavy (non-hydrogen) atoms. The minimum absolute atomic E-state index is 0.186. The lowest BCUT2D eigenvalue weighted by atomic mass is 10.00. The van der Waals surface area contributed by atoms with Crippen LogP contribution in [0.2, 0.25) is 0 Å². The van der Waals surface area contributed by atoms with E-state index in [1.807, 2.05) is 0 Å². The summed E-state index contributed by atoms with van der Waals surface area (Å²) in [5, 5.41) is 2.99. The monoisotopic (exact) mass is 268 g/mol. The zero-order valence-electron chi connectivity index (χ0n) is 10.4. The molecule has 1 aromatic heterocycles. The van der Waals surface area contributed by atoms with Gasteiger partial charge in [-0.05, 0) is 18.9 Å². The number of amides is 1. The third kappa shape index (κ3) is 2.58. The summed E-state index contributed by atoms with van der Waals surface area (Å²) in [6.45, 7) is 0. The molecule has 0 bridgehead atoms. The Labute approximate surface area is 111 Å². The Morgan fingerprint density at radius 3 is 2.72 bits per heavy atom. The highest BCUT2D eigenvalue weighted by Gasteiger charge is 2.34. The normalized spacial score (nSPS) is 17.7. The number of aryl methyl sites for hydroxylation is 1. The highest BCUT2D eigenvalue weighted by atomic mass is 35.5. The average Bonchev–Trinajstić information content (AvgIpc) is 2.82. The van der Waals surface area contributed by atoms with E-state index >= 15 is 0 Å². The molecule has 1 saturated carbocycles. The summed E-state index contributed by atoms with van der Waals surface area (Å²) in [6.07, 6.45) is 5.59. The van der Waals surface area contributed by atoms with Crippen LogP contribution in [-0.2, 0) is 7.05 Å². The number of rotatable bonds is 3. The first-order valence-electron chi connectivity index (χ1n) is 6.11. The van der Waals surface area contributed by atoms with Crippen molar-refractivity contribution in [3.05, 3.63) is 34.2 Å². The van der Waals surface area contributed by atoms with Crippen molar-refractivity contribution in [3.8, 4) is 0 Å². The van der Waals surface area contributed by atoms with Gasteiger partial charge in [0.2, 0.25) is 0 Å². The second-order valence-corrected chi connectivity index (χ2v) is 5.21. The summed E-state index contributed by atoms with van der Waals surface area (Å²) in [5.74, 6) is 0.207. The van der Waals surface area contributed by atoms with Crippen LogP contribution in [0, 0.1) is 0 Å². The molecule has 1 N–H and O–H groups in total. The van der Waals surface area contributed by atoms with Gasteiger partial charge in [-0.25, -0.2) is 0 Å². The van der Waals surface area contributed by atoms with Crippen molar-refractivity contribution in [3.63, 3.8) is 0 Å². The van der Waals surface area contributed by atoms with E-state index in [2.05, 4.69) is 5.32 Å². The fraction of sp³-hybridized carbons (Fsp3) is 0.538. The Hall–Kier alpha value is -1.29. The first kappa shape index (κ1) is 13.1. The summed E-state index contributed by atoms with van der Waals surface area (Å²) in [7, 11) is 1.65. The van der Waals surface area contributed by atoms with Crippen molar-refractivity contribution in [2.75, 3.05) is 5.88 Å². The molecule has 1 aliphatic rings. The van der Waals surface area contributed by atoms with Crippen LogP contribution in [0.15, 0.2) is 23.1 Å². The first-order chi connectivity index (χ1) is 8.56. The predicted molar refractivity (Wildman–Crippen MR) is 71.1 cm³/mol. The van der Waals surface area contributed by atoms with Gasteiger partial charge in [0, 0.05) is 30.8 Å². The van der Waals surface area contributed by atoms with Crippen molar-refractivity contribution in [1.29, 1.82) is 0 Å². The Bertz CT molecular complexity index is 504. The number of pyridine rings is 1. The summed E-state index contributed by atoms with van der Waals surface area (Å²) >= 11 is 5.97. The molecule has 0 spiro atoms. The maximum Gasteiger partial charge on any atom is 0.252 e. The molecule has 0 radical (unpaired) electrons. The number of hydrogen-bond donors (Lipinski definition) is 1. The zero-order valence-corrected chi connectivity index (χ0v) is 11.2. The Balaban J connectivity index is 2.16. The topological polar surface area (TPSA) is 51.1 Å². The molecule has 4 nitrogen and oxygen atoms in total. The van der Waals surface area contributed by atoms with Gasteiger partial charge in [0.1, 0.15) is 0 Å². The van der Waals surface area contributed by atoms with Crippen LogP contribution in [-0.4, -0.2) is 21.9 Å².